The highest BCUT2D eigenvalue weighted by molar-refractivity contribution is 5.84. The number of rotatable bonds is 3. The number of hydrogen-bond donors (Lipinski definition) is 2. The summed E-state index contributed by atoms with van der Waals surface area (Å²) < 4.78 is 37.7. The highest BCUT2D eigenvalue weighted by atomic mass is 19.4. The van der Waals surface area contributed by atoms with Crippen molar-refractivity contribution in [1.82, 2.24) is 15.5 Å². The van der Waals surface area contributed by atoms with E-state index in [4.69, 9.17) is 0 Å². The van der Waals surface area contributed by atoms with Gasteiger partial charge in [-0.3, -0.25) is 4.79 Å². The Hall–Kier alpha value is -2.69. The van der Waals surface area contributed by atoms with Crippen molar-refractivity contribution in [3.05, 3.63) is 35.4 Å². The summed E-state index contributed by atoms with van der Waals surface area (Å²) in [7, 11) is 0. The number of nitrogens with one attached hydrogen (secondary N) is 2. The van der Waals surface area contributed by atoms with Crippen LogP contribution in [0.15, 0.2) is 24.3 Å². The van der Waals surface area contributed by atoms with Crippen LogP contribution in [0, 0.1) is 11.8 Å². The topological polar surface area (TPSA) is 61.4 Å². The lowest BCUT2D eigenvalue weighted by molar-refractivity contribution is -0.137. The predicted molar refractivity (Wildman–Crippen MR) is 85.5 cm³/mol. The largest absolute Gasteiger partial charge is 0.416 e. The number of nitrogens with zero attached hydrogens (tertiary/aromatic N) is 1. The highest BCUT2D eigenvalue weighted by Gasteiger charge is 2.30. The molecule has 134 valence electrons. The van der Waals surface area contributed by atoms with Crippen molar-refractivity contribution < 1.29 is 22.8 Å². The third-order valence-corrected chi connectivity index (χ3v) is 3.62. The average Bonchev–Trinajstić information content (AvgIpc) is 3.11. The molecule has 1 fully saturated rings. The van der Waals surface area contributed by atoms with E-state index in [1.54, 1.807) is 4.90 Å². The Morgan fingerprint density at radius 2 is 1.88 bits per heavy atom. The van der Waals surface area contributed by atoms with E-state index in [9.17, 15) is 22.8 Å². The number of likely N-dealkylation sites (tertiary alicyclic amines) is 1. The van der Waals surface area contributed by atoms with E-state index in [-0.39, 0.29) is 24.6 Å². The maximum atomic E-state index is 12.6. The fourth-order valence-corrected chi connectivity index (χ4v) is 2.34. The molecular formula is C17H18F3N3O2. The first kappa shape index (κ1) is 18.6. The van der Waals surface area contributed by atoms with Crippen LogP contribution >= 0.6 is 0 Å². The number of halogens is 3. The smallest absolute Gasteiger partial charge is 0.341 e. The van der Waals surface area contributed by atoms with Crippen molar-refractivity contribution in [3.8, 4) is 11.8 Å². The molecule has 0 unspecified atom stereocenters. The summed E-state index contributed by atoms with van der Waals surface area (Å²) >= 11 is 0. The van der Waals surface area contributed by atoms with Crippen LogP contribution in [0.25, 0.3) is 0 Å². The second-order valence-electron chi connectivity index (χ2n) is 5.50. The van der Waals surface area contributed by atoms with Crippen molar-refractivity contribution in [2.45, 2.75) is 19.0 Å². The maximum absolute atomic E-state index is 12.6. The van der Waals surface area contributed by atoms with Gasteiger partial charge in [-0.15, -0.1) is 0 Å². The molecule has 0 bridgehead atoms. The van der Waals surface area contributed by atoms with Crippen LogP contribution in [0.1, 0.15) is 24.0 Å². The molecule has 25 heavy (non-hydrogen) atoms. The Morgan fingerprint density at radius 1 is 1.16 bits per heavy atom. The lowest BCUT2D eigenvalue weighted by atomic mass is 10.1. The van der Waals surface area contributed by atoms with Gasteiger partial charge in [0.25, 0.3) is 0 Å². The Balaban J connectivity index is 1.74. The normalized spacial score (nSPS) is 13.8. The van der Waals surface area contributed by atoms with E-state index in [1.165, 1.54) is 12.1 Å². The summed E-state index contributed by atoms with van der Waals surface area (Å²) in [6.07, 6.45) is -2.47. The van der Waals surface area contributed by atoms with E-state index in [0.29, 0.717) is 13.1 Å². The van der Waals surface area contributed by atoms with Gasteiger partial charge in [0.2, 0.25) is 5.91 Å². The van der Waals surface area contributed by atoms with Crippen LogP contribution in [-0.2, 0) is 11.0 Å². The summed E-state index contributed by atoms with van der Waals surface area (Å²) in [5.74, 6) is 4.99. The average molecular weight is 353 g/mol. The standard InChI is InChI=1S/C17H18F3N3O2/c18-17(19,20)14-7-3-5-13(11-14)6-4-8-21-16(25)22-12-15(24)23-9-1-2-10-23/h3,5,7,11H,1-2,8-10,12H2,(H2,21,22,25). The molecule has 1 saturated heterocycles. The number of amides is 3. The maximum Gasteiger partial charge on any atom is 0.416 e. The van der Waals surface area contributed by atoms with Gasteiger partial charge >= 0.3 is 12.2 Å². The van der Waals surface area contributed by atoms with Crippen LogP contribution in [0.4, 0.5) is 18.0 Å². The van der Waals surface area contributed by atoms with E-state index < -0.39 is 17.8 Å². The van der Waals surface area contributed by atoms with Crippen LogP contribution in [0.5, 0.6) is 0 Å². The van der Waals surface area contributed by atoms with Crippen molar-refractivity contribution in [2.75, 3.05) is 26.2 Å². The van der Waals surface area contributed by atoms with Crippen molar-refractivity contribution in [2.24, 2.45) is 0 Å². The Labute approximate surface area is 143 Å². The number of hydrogen-bond acceptors (Lipinski definition) is 2. The number of carbonyl (C=O) groups is 2. The fourth-order valence-electron chi connectivity index (χ4n) is 2.34. The molecule has 5 nitrogen and oxygen atoms in total. The van der Waals surface area contributed by atoms with Gasteiger partial charge in [0.05, 0.1) is 18.7 Å². The number of carbonyl (C=O) groups excluding carboxylic acids is 2. The lowest BCUT2D eigenvalue weighted by Gasteiger charge is -2.15. The number of urea groups is 1. The monoisotopic (exact) mass is 353 g/mol. The first-order valence-electron chi connectivity index (χ1n) is 7.82. The second-order valence-corrected chi connectivity index (χ2v) is 5.50. The molecule has 0 radical (unpaired) electrons. The second kappa shape index (κ2) is 8.42. The zero-order valence-electron chi connectivity index (χ0n) is 13.4. The summed E-state index contributed by atoms with van der Waals surface area (Å²) in [6, 6.07) is 4.09. The first-order chi connectivity index (χ1) is 11.9. The summed E-state index contributed by atoms with van der Waals surface area (Å²) in [5.41, 5.74) is -0.563. The van der Waals surface area contributed by atoms with Crippen molar-refractivity contribution >= 4 is 11.9 Å². The molecule has 1 aliphatic rings. The number of alkyl halides is 3. The lowest BCUT2D eigenvalue weighted by Crippen LogP contribution is -2.43. The fraction of sp³-hybridized carbons (Fsp3) is 0.412. The van der Waals surface area contributed by atoms with Crippen LogP contribution < -0.4 is 10.6 Å². The molecule has 1 aromatic carbocycles. The zero-order chi connectivity index (χ0) is 18.3. The Morgan fingerprint density at radius 3 is 2.56 bits per heavy atom. The van der Waals surface area contributed by atoms with Gasteiger partial charge in [0.15, 0.2) is 0 Å². The van der Waals surface area contributed by atoms with E-state index in [1.807, 2.05) is 0 Å². The SMILES string of the molecule is O=C(NCC#Cc1cccc(C(F)(F)F)c1)NCC(=O)N1CCCC1. The Kier molecular flexibility index (Phi) is 6.28. The molecule has 0 atom stereocenters. The molecule has 1 aliphatic heterocycles. The van der Waals surface area contributed by atoms with Crippen LogP contribution in [-0.4, -0.2) is 43.0 Å². The van der Waals surface area contributed by atoms with Gasteiger partial charge in [0, 0.05) is 18.7 Å². The first-order valence-corrected chi connectivity index (χ1v) is 7.82. The predicted octanol–water partition coefficient (Wildman–Crippen LogP) is 1.98. The third-order valence-electron chi connectivity index (χ3n) is 3.62. The Bertz CT molecular complexity index is 686. The van der Waals surface area contributed by atoms with Crippen molar-refractivity contribution in [3.63, 3.8) is 0 Å². The van der Waals surface area contributed by atoms with Gasteiger partial charge in [0.1, 0.15) is 0 Å². The minimum absolute atomic E-state index is 0.0417. The van der Waals surface area contributed by atoms with Crippen molar-refractivity contribution in [1.29, 1.82) is 0 Å². The van der Waals surface area contributed by atoms with E-state index in [2.05, 4.69) is 22.5 Å². The minimum atomic E-state index is -4.42. The van der Waals surface area contributed by atoms with Gasteiger partial charge < -0.3 is 15.5 Å². The molecule has 0 spiro atoms. The molecule has 0 aliphatic carbocycles. The third kappa shape index (κ3) is 6.03. The van der Waals surface area contributed by atoms with Crippen LogP contribution in [0.2, 0.25) is 0 Å². The zero-order valence-corrected chi connectivity index (χ0v) is 13.4. The summed E-state index contributed by atoms with van der Waals surface area (Å²) in [4.78, 5) is 25.0. The summed E-state index contributed by atoms with van der Waals surface area (Å²) in [5, 5.41) is 4.86. The summed E-state index contributed by atoms with van der Waals surface area (Å²) in [6.45, 7) is 1.29. The molecule has 1 aromatic rings. The van der Waals surface area contributed by atoms with Gasteiger partial charge in [-0.1, -0.05) is 17.9 Å². The van der Waals surface area contributed by atoms with Gasteiger partial charge in [-0.2, -0.15) is 13.2 Å². The quantitative estimate of drug-likeness (QED) is 0.817. The van der Waals surface area contributed by atoms with E-state index >= 15 is 0 Å². The minimum Gasteiger partial charge on any atom is -0.341 e. The molecule has 0 aromatic heterocycles. The number of benzene rings is 1. The molecule has 8 heteroatoms. The molecule has 0 saturated carbocycles. The molecule has 2 rings (SSSR count). The van der Waals surface area contributed by atoms with Crippen LogP contribution in [0.3, 0.4) is 0 Å². The molecule has 2 N–H and O–H groups in total. The molecular weight excluding hydrogens is 335 g/mol. The molecule has 1 heterocycles. The van der Waals surface area contributed by atoms with E-state index in [0.717, 1.165) is 25.0 Å². The highest BCUT2D eigenvalue weighted by Crippen LogP contribution is 2.29. The van der Waals surface area contributed by atoms with Gasteiger partial charge in [-0.05, 0) is 31.0 Å². The van der Waals surface area contributed by atoms with Gasteiger partial charge in [-0.25, -0.2) is 4.79 Å². The molecule has 3 amide bonds.